The second kappa shape index (κ2) is 9.10. The van der Waals surface area contributed by atoms with Gasteiger partial charge in [-0.2, -0.15) is 0 Å². The fourth-order valence-electron chi connectivity index (χ4n) is 5.08. The van der Waals surface area contributed by atoms with E-state index in [4.69, 9.17) is 9.84 Å². The standard InChI is InChI=1S/C26H30N2O6/c1-15(2)22(23(29)28-13-26(33,14-28)24(30)31)16(3)27-25(32)34-12-21-19-10-6-4-8-17(19)18-9-5-7-11-20(18)21/h4-11,15-16,21-22,33H,12-14H2,1-3H3,(H,27,32)(H,30,31). The number of carbonyl (C=O) groups excluding carboxylic acids is 2. The number of aliphatic carboxylic acids is 1. The van der Waals surface area contributed by atoms with Gasteiger partial charge in [0.05, 0.1) is 19.0 Å². The maximum atomic E-state index is 13.0. The normalized spacial score (nSPS) is 17.9. The van der Waals surface area contributed by atoms with Crippen LogP contribution >= 0.6 is 0 Å². The SMILES string of the molecule is CC(C)C(C(=O)N1CC(O)(C(=O)O)C1)C(C)NC(=O)OCC1c2ccccc2-c2ccccc21. The van der Waals surface area contributed by atoms with Gasteiger partial charge in [-0.25, -0.2) is 9.59 Å². The van der Waals surface area contributed by atoms with Crippen LogP contribution in [0, 0.1) is 11.8 Å². The first kappa shape index (κ1) is 23.8. The van der Waals surface area contributed by atoms with Gasteiger partial charge in [-0.05, 0) is 35.1 Å². The van der Waals surface area contributed by atoms with E-state index in [2.05, 4.69) is 17.4 Å². The Morgan fingerprint density at radius 2 is 1.56 bits per heavy atom. The van der Waals surface area contributed by atoms with Crippen LogP contribution in [0.15, 0.2) is 48.5 Å². The van der Waals surface area contributed by atoms with Gasteiger partial charge in [-0.3, -0.25) is 4.79 Å². The molecule has 4 rings (SSSR count). The summed E-state index contributed by atoms with van der Waals surface area (Å²) < 4.78 is 5.59. The van der Waals surface area contributed by atoms with Crippen molar-refractivity contribution >= 4 is 18.0 Å². The monoisotopic (exact) mass is 466 g/mol. The predicted octanol–water partition coefficient (Wildman–Crippen LogP) is 2.84. The van der Waals surface area contributed by atoms with E-state index in [9.17, 15) is 19.5 Å². The van der Waals surface area contributed by atoms with Crippen LogP contribution in [0.25, 0.3) is 11.1 Å². The number of benzene rings is 2. The molecule has 2 amide bonds. The van der Waals surface area contributed by atoms with E-state index in [0.29, 0.717) is 0 Å². The van der Waals surface area contributed by atoms with Crippen LogP contribution < -0.4 is 5.32 Å². The number of nitrogens with zero attached hydrogens (tertiary/aromatic N) is 1. The number of β-amino-alcohol motifs (C(OH)–C–C–N with tert-alkyl or cyclic N) is 1. The lowest BCUT2D eigenvalue weighted by molar-refractivity contribution is -0.184. The third kappa shape index (κ3) is 4.25. The van der Waals surface area contributed by atoms with Crippen molar-refractivity contribution in [3.63, 3.8) is 0 Å². The van der Waals surface area contributed by atoms with Crippen LogP contribution in [0.2, 0.25) is 0 Å². The molecule has 0 radical (unpaired) electrons. The van der Waals surface area contributed by atoms with Gasteiger partial charge in [-0.15, -0.1) is 0 Å². The summed E-state index contributed by atoms with van der Waals surface area (Å²) in [5.41, 5.74) is 2.61. The molecule has 0 saturated carbocycles. The zero-order valence-electron chi connectivity index (χ0n) is 19.5. The number of rotatable bonds is 7. The van der Waals surface area contributed by atoms with Crippen molar-refractivity contribution in [2.45, 2.75) is 38.3 Å². The number of alkyl carbamates (subject to hydrolysis) is 1. The van der Waals surface area contributed by atoms with Crippen molar-refractivity contribution in [1.29, 1.82) is 0 Å². The van der Waals surface area contributed by atoms with E-state index < -0.39 is 29.6 Å². The van der Waals surface area contributed by atoms with Crippen molar-refractivity contribution < 1.29 is 29.3 Å². The second-order valence-electron chi connectivity index (χ2n) is 9.56. The first-order valence-corrected chi connectivity index (χ1v) is 11.5. The number of carboxylic acid groups (broad SMARTS) is 1. The predicted molar refractivity (Wildman–Crippen MR) is 125 cm³/mol. The maximum Gasteiger partial charge on any atom is 0.407 e. The summed E-state index contributed by atoms with van der Waals surface area (Å²) in [6.45, 7) is 5.10. The van der Waals surface area contributed by atoms with Gasteiger partial charge < -0.3 is 25.2 Å². The van der Waals surface area contributed by atoms with Crippen LogP contribution in [-0.4, -0.2) is 64.4 Å². The van der Waals surface area contributed by atoms with Crippen molar-refractivity contribution in [3.05, 3.63) is 59.7 Å². The third-order valence-electron chi connectivity index (χ3n) is 6.85. The zero-order valence-corrected chi connectivity index (χ0v) is 19.5. The Bertz CT molecular complexity index is 1060. The Morgan fingerprint density at radius 1 is 1.03 bits per heavy atom. The molecule has 1 saturated heterocycles. The number of ether oxygens (including phenoxy) is 1. The lowest BCUT2D eigenvalue weighted by Crippen LogP contribution is -2.69. The molecular formula is C26H30N2O6. The smallest absolute Gasteiger partial charge is 0.407 e. The summed E-state index contributed by atoms with van der Waals surface area (Å²) in [5.74, 6) is -2.41. The molecule has 2 aromatic carbocycles. The molecule has 2 atom stereocenters. The minimum atomic E-state index is -1.90. The first-order chi connectivity index (χ1) is 16.1. The molecule has 0 spiro atoms. The fourth-order valence-corrected chi connectivity index (χ4v) is 5.08. The van der Waals surface area contributed by atoms with Gasteiger partial charge in [0, 0.05) is 12.0 Å². The number of carbonyl (C=O) groups is 3. The Morgan fingerprint density at radius 3 is 2.06 bits per heavy atom. The van der Waals surface area contributed by atoms with E-state index in [1.807, 2.05) is 50.2 Å². The number of aliphatic hydroxyl groups is 1. The average molecular weight is 467 g/mol. The van der Waals surface area contributed by atoms with Gasteiger partial charge in [0.25, 0.3) is 0 Å². The summed E-state index contributed by atoms with van der Waals surface area (Å²) in [4.78, 5) is 38.1. The molecule has 1 fully saturated rings. The number of hydrogen-bond acceptors (Lipinski definition) is 5. The van der Waals surface area contributed by atoms with Gasteiger partial charge in [0.2, 0.25) is 5.91 Å². The number of hydrogen-bond donors (Lipinski definition) is 3. The molecule has 1 aliphatic carbocycles. The Hall–Kier alpha value is -3.39. The van der Waals surface area contributed by atoms with Gasteiger partial charge in [0.15, 0.2) is 5.60 Å². The highest BCUT2D eigenvalue weighted by Gasteiger charge is 2.51. The molecule has 2 aromatic rings. The molecule has 3 N–H and O–H groups in total. The molecule has 180 valence electrons. The molecule has 0 bridgehead atoms. The van der Waals surface area contributed by atoms with Crippen LogP contribution in [0.5, 0.6) is 0 Å². The molecule has 34 heavy (non-hydrogen) atoms. The molecule has 1 heterocycles. The van der Waals surface area contributed by atoms with Crippen molar-refractivity contribution in [2.75, 3.05) is 19.7 Å². The van der Waals surface area contributed by atoms with Gasteiger partial charge >= 0.3 is 12.1 Å². The summed E-state index contributed by atoms with van der Waals surface area (Å²) in [7, 11) is 0. The molecule has 2 aliphatic rings. The molecular weight excluding hydrogens is 436 g/mol. The van der Waals surface area contributed by atoms with Crippen LogP contribution in [-0.2, 0) is 14.3 Å². The van der Waals surface area contributed by atoms with E-state index in [0.717, 1.165) is 22.3 Å². The highest BCUT2D eigenvalue weighted by molar-refractivity contribution is 5.87. The van der Waals surface area contributed by atoms with E-state index in [1.165, 1.54) is 4.90 Å². The maximum absolute atomic E-state index is 13.0. The molecule has 8 heteroatoms. The van der Waals surface area contributed by atoms with Crippen molar-refractivity contribution in [1.82, 2.24) is 10.2 Å². The minimum Gasteiger partial charge on any atom is -0.479 e. The van der Waals surface area contributed by atoms with Crippen LogP contribution in [0.1, 0.15) is 37.8 Å². The number of nitrogens with one attached hydrogen (secondary N) is 1. The summed E-state index contributed by atoms with van der Waals surface area (Å²) in [6.07, 6.45) is -0.613. The van der Waals surface area contributed by atoms with Crippen molar-refractivity contribution in [2.24, 2.45) is 11.8 Å². The average Bonchev–Trinajstić information content (AvgIpc) is 3.08. The third-order valence-corrected chi connectivity index (χ3v) is 6.85. The van der Waals surface area contributed by atoms with E-state index >= 15 is 0 Å². The fraction of sp³-hybridized carbons (Fsp3) is 0.423. The Kier molecular flexibility index (Phi) is 6.36. The minimum absolute atomic E-state index is 0.0641. The summed E-state index contributed by atoms with van der Waals surface area (Å²) in [6, 6.07) is 15.6. The van der Waals surface area contributed by atoms with Gasteiger partial charge in [0.1, 0.15) is 6.61 Å². The van der Waals surface area contributed by atoms with Gasteiger partial charge in [-0.1, -0.05) is 62.4 Å². The number of likely N-dealkylation sites (tertiary alicyclic amines) is 1. The topological polar surface area (TPSA) is 116 Å². The molecule has 2 unspecified atom stereocenters. The quantitative estimate of drug-likeness (QED) is 0.578. The summed E-state index contributed by atoms with van der Waals surface area (Å²) >= 11 is 0. The van der Waals surface area contributed by atoms with Crippen LogP contribution in [0.4, 0.5) is 4.79 Å². The Balaban J connectivity index is 1.38. The highest BCUT2D eigenvalue weighted by atomic mass is 16.5. The van der Waals surface area contributed by atoms with Crippen molar-refractivity contribution in [3.8, 4) is 11.1 Å². The lowest BCUT2D eigenvalue weighted by Gasteiger charge is -2.45. The molecule has 0 aromatic heterocycles. The number of fused-ring (bicyclic) bond motifs is 3. The second-order valence-corrected chi connectivity index (χ2v) is 9.56. The highest BCUT2D eigenvalue weighted by Crippen LogP contribution is 2.44. The lowest BCUT2D eigenvalue weighted by atomic mass is 9.85. The molecule has 1 aliphatic heterocycles. The Labute approximate surface area is 198 Å². The van der Waals surface area contributed by atoms with E-state index in [-0.39, 0.29) is 37.4 Å². The van der Waals surface area contributed by atoms with Crippen LogP contribution in [0.3, 0.4) is 0 Å². The summed E-state index contributed by atoms with van der Waals surface area (Å²) in [5, 5.41) is 21.8. The number of carboxylic acids is 1. The zero-order chi connectivity index (χ0) is 24.6. The first-order valence-electron chi connectivity index (χ1n) is 11.5. The van der Waals surface area contributed by atoms with E-state index in [1.54, 1.807) is 6.92 Å². The molecule has 8 nitrogen and oxygen atoms in total. The largest absolute Gasteiger partial charge is 0.479 e. The number of amides is 2.